The summed E-state index contributed by atoms with van der Waals surface area (Å²) in [4.78, 5) is 2.49. The van der Waals surface area contributed by atoms with E-state index >= 15 is 0 Å². The number of rotatable bonds is 5. The van der Waals surface area contributed by atoms with E-state index in [1.807, 2.05) is 12.1 Å². The molecule has 1 nitrogen and oxygen atoms in total. The Morgan fingerprint density at radius 3 is 1.83 bits per heavy atom. The van der Waals surface area contributed by atoms with Crippen molar-refractivity contribution in [2.45, 2.75) is 9.79 Å². The molecule has 0 amide bonds. The minimum absolute atomic E-state index is 0.532. The second kappa shape index (κ2) is 7.82. The van der Waals surface area contributed by atoms with Gasteiger partial charge in [0.1, 0.15) is 0 Å². The van der Waals surface area contributed by atoms with Gasteiger partial charge >= 0.3 is 0 Å². The molecule has 0 unspecified atom stereocenters. The molecule has 0 spiro atoms. The monoisotopic (exact) mass is 317 g/mol. The van der Waals surface area contributed by atoms with Crippen LogP contribution in [-0.2, 0) is 0 Å². The lowest BCUT2D eigenvalue weighted by molar-refractivity contribution is 1.25. The zero-order valence-corrected chi connectivity index (χ0v) is 13.7. The summed E-state index contributed by atoms with van der Waals surface area (Å²) >= 11 is 1.77. The Labute approximate surface area is 141 Å². The predicted octanol–water partition coefficient (Wildman–Crippen LogP) is 5.23. The van der Waals surface area contributed by atoms with E-state index in [-0.39, 0.29) is 0 Å². The lowest BCUT2D eigenvalue weighted by Crippen LogP contribution is -1.97. The molecular weight excluding hydrogens is 298 g/mol. The van der Waals surface area contributed by atoms with Crippen molar-refractivity contribution in [1.82, 2.24) is 0 Å². The molecule has 0 aliphatic rings. The minimum Gasteiger partial charge on any atom is -0.327 e. The Morgan fingerprint density at radius 2 is 1.22 bits per heavy atom. The topological polar surface area (TPSA) is 26.0 Å². The van der Waals surface area contributed by atoms with E-state index in [4.69, 9.17) is 5.73 Å². The van der Waals surface area contributed by atoms with Crippen LogP contribution in [0.3, 0.4) is 0 Å². The van der Waals surface area contributed by atoms with Gasteiger partial charge in [-0.05, 0) is 41.0 Å². The molecule has 3 aromatic carbocycles. The highest BCUT2D eigenvalue weighted by molar-refractivity contribution is 7.99. The lowest BCUT2D eigenvalue weighted by atomic mass is 9.98. The van der Waals surface area contributed by atoms with E-state index in [9.17, 15) is 0 Å². The molecule has 0 heterocycles. The van der Waals surface area contributed by atoms with Gasteiger partial charge in [-0.25, -0.2) is 0 Å². The molecule has 0 aliphatic carbocycles. The zero-order chi connectivity index (χ0) is 15.9. The second-order valence-corrected chi connectivity index (χ2v) is 6.31. The quantitative estimate of drug-likeness (QED) is 0.697. The maximum atomic E-state index is 5.76. The highest BCUT2D eigenvalue weighted by Gasteiger charge is 2.05. The minimum atomic E-state index is 0.532. The molecule has 0 aliphatic heterocycles. The number of benzene rings is 3. The second-order valence-electron chi connectivity index (χ2n) is 5.16. The summed E-state index contributed by atoms with van der Waals surface area (Å²) in [7, 11) is 0. The van der Waals surface area contributed by atoms with E-state index in [1.165, 1.54) is 26.5 Å². The fraction of sp³-hybridized carbons (Fsp3) is 0.0476. The third-order valence-electron chi connectivity index (χ3n) is 3.55. The first kappa shape index (κ1) is 15.6. The Kier molecular flexibility index (Phi) is 5.30. The van der Waals surface area contributed by atoms with Crippen LogP contribution in [-0.4, -0.2) is 6.54 Å². The van der Waals surface area contributed by atoms with Crippen molar-refractivity contribution in [3.63, 3.8) is 0 Å². The van der Waals surface area contributed by atoms with Crippen LogP contribution in [0.25, 0.3) is 5.57 Å². The van der Waals surface area contributed by atoms with Gasteiger partial charge in [0, 0.05) is 16.3 Å². The van der Waals surface area contributed by atoms with Gasteiger partial charge in [0.05, 0.1) is 0 Å². The molecular formula is C21H19NS. The molecule has 0 aromatic heterocycles. The molecule has 0 saturated heterocycles. The molecule has 3 aromatic rings. The Hall–Kier alpha value is -2.29. The van der Waals surface area contributed by atoms with Gasteiger partial charge in [-0.2, -0.15) is 0 Å². The molecule has 2 heteroatoms. The van der Waals surface area contributed by atoms with Crippen molar-refractivity contribution >= 4 is 17.3 Å². The van der Waals surface area contributed by atoms with Crippen molar-refractivity contribution in [2.24, 2.45) is 5.73 Å². The van der Waals surface area contributed by atoms with Crippen LogP contribution < -0.4 is 5.73 Å². The summed E-state index contributed by atoms with van der Waals surface area (Å²) in [6.45, 7) is 0.532. The average Bonchev–Trinajstić information content (AvgIpc) is 2.62. The van der Waals surface area contributed by atoms with Crippen LogP contribution in [0.1, 0.15) is 11.1 Å². The third-order valence-corrected chi connectivity index (χ3v) is 4.57. The van der Waals surface area contributed by atoms with Crippen LogP contribution in [0, 0.1) is 0 Å². The predicted molar refractivity (Wildman–Crippen MR) is 99.6 cm³/mol. The summed E-state index contributed by atoms with van der Waals surface area (Å²) in [5, 5.41) is 0. The highest BCUT2D eigenvalue weighted by atomic mass is 32.2. The van der Waals surface area contributed by atoms with E-state index < -0.39 is 0 Å². The van der Waals surface area contributed by atoms with Crippen molar-refractivity contribution < 1.29 is 0 Å². The summed E-state index contributed by atoms with van der Waals surface area (Å²) in [6, 6.07) is 29.5. The Morgan fingerprint density at radius 1 is 0.696 bits per heavy atom. The molecule has 2 N–H and O–H groups in total. The molecule has 3 rings (SSSR count). The van der Waals surface area contributed by atoms with Crippen LogP contribution in [0.2, 0.25) is 0 Å². The molecule has 0 atom stereocenters. The highest BCUT2D eigenvalue weighted by Crippen LogP contribution is 2.30. The first-order valence-corrected chi connectivity index (χ1v) is 8.47. The Balaban J connectivity index is 1.84. The maximum Gasteiger partial charge on any atom is 0.0122 e. The SMILES string of the molecule is NCC=C(c1ccccc1)c1ccc(Sc2ccccc2)cc1. The van der Waals surface area contributed by atoms with Crippen LogP contribution in [0.4, 0.5) is 0 Å². The summed E-state index contributed by atoms with van der Waals surface area (Å²) in [5.74, 6) is 0. The van der Waals surface area contributed by atoms with Crippen molar-refractivity contribution in [3.05, 3.63) is 102 Å². The van der Waals surface area contributed by atoms with Gasteiger partial charge in [0.15, 0.2) is 0 Å². The first-order valence-electron chi connectivity index (χ1n) is 7.66. The first-order chi connectivity index (χ1) is 11.4. The van der Waals surface area contributed by atoms with Crippen molar-refractivity contribution in [3.8, 4) is 0 Å². The van der Waals surface area contributed by atoms with Gasteiger partial charge < -0.3 is 5.73 Å². The van der Waals surface area contributed by atoms with E-state index in [1.54, 1.807) is 11.8 Å². The van der Waals surface area contributed by atoms with Gasteiger partial charge in [0.2, 0.25) is 0 Å². The van der Waals surface area contributed by atoms with E-state index in [2.05, 4.69) is 78.9 Å². The fourth-order valence-corrected chi connectivity index (χ4v) is 3.30. The van der Waals surface area contributed by atoms with Crippen LogP contribution >= 0.6 is 11.8 Å². The fourth-order valence-electron chi connectivity index (χ4n) is 2.47. The van der Waals surface area contributed by atoms with Gasteiger partial charge in [-0.3, -0.25) is 0 Å². The van der Waals surface area contributed by atoms with E-state index in [0.29, 0.717) is 6.54 Å². The van der Waals surface area contributed by atoms with Crippen molar-refractivity contribution in [1.29, 1.82) is 0 Å². The number of hydrogen-bond acceptors (Lipinski definition) is 2. The summed E-state index contributed by atoms with van der Waals surface area (Å²) in [5.41, 5.74) is 9.33. The largest absolute Gasteiger partial charge is 0.327 e. The summed E-state index contributed by atoms with van der Waals surface area (Å²) < 4.78 is 0. The maximum absolute atomic E-state index is 5.76. The molecule has 0 fully saturated rings. The molecule has 0 radical (unpaired) electrons. The Bertz CT molecular complexity index is 762. The smallest absolute Gasteiger partial charge is 0.0122 e. The molecule has 0 bridgehead atoms. The normalized spacial score (nSPS) is 11.4. The van der Waals surface area contributed by atoms with Gasteiger partial charge in [-0.1, -0.05) is 78.5 Å². The number of nitrogens with two attached hydrogens (primary N) is 1. The molecule has 0 saturated carbocycles. The van der Waals surface area contributed by atoms with Crippen LogP contribution in [0.5, 0.6) is 0 Å². The standard InChI is InChI=1S/C21H19NS/c22-16-15-21(17-7-3-1-4-8-17)18-11-13-20(14-12-18)23-19-9-5-2-6-10-19/h1-15H,16,22H2. The van der Waals surface area contributed by atoms with Crippen LogP contribution in [0.15, 0.2) is 101 Å². The van der Waals surface area contributed by atoms with Gasteiger partial charge in [-0.15, -0.1) is 0 Å². The zero-order valence-electron chi connectivity index (χ0n) is 12.9. The van der Waals surface area contributed by atoms with Crippen molar-refractivity contribution in [2.75, 3.05) is 6.54 Å². The van der Waals surface area contributed by atoms with E-state index in [0.717, 1.165) is 0 Å². The third kappa shape index (κ3) is 4.13. The molecule has 114 valence electrons. The molecule has 23 heavy (non-hydrogen) atoms. The number of hydrogen-bond donors (Lipinski definition) is 1. The average molecular weight is 317 g/mol. The summed E-state index contributed by atoms with van der Waals surface area (Å²) in [6.07, 6.45) is 2.08. The van der Waals surface area contributed by atoms with Gasteiger partial charge in [0.25, 0.3) is 0 Å². The lowest BCUT2D eigenvalue weighted by Gasteiger charge is -2.09.